The molecule has 2 rings (SSSR count). The Kier molecular flexibility index (Phi) is 8.92. The van der Waals surface area contributed by atoms with Gasteiger partial charge in [-0.1, -0.05) is 12.1 Å². The lowest BCUT2D eigenvalue weighted by molar-refractivity contribution is -0.141. The Bertz CT molecular complexity index is 962. The Morgan fingerprint density at radius 3 is 2.18 bits per heavy atom. The molecule has 0 spiro atoms. The van der Waals surface area contributed by atoms with Gasteiger partial charge >= 0.3 is 5.97 Å². The summed E-state index contributed by atoms with van der Waals surface area (Å²) in [6.07, 6.45) is 3.11. The van der Waals surface area contributed by atoms with Gasteiger partial charge in [0.05, 0.1) is 12.4 Å². The molecule has 0 aliphatic rings. The first-order valence-electron chi connectivity index (χ1n) is 10.2. The molecule has 8 N–H and O–H groups in total. The van der Waals surface area contributed by atoms with Crippen molar-refractivity contribution in [1.82, 2.24) is 25.9 Å². The monoisotopic (exact) mass is 460 g/mol. The number of rotatable bonds is 11. The first kappa shape index (κ1) is 25.3. The number of amides is 3. The van der Waals surface area contributed by atoms with Crippen molar-refractivity contribution in [3.8, 4) is 5.75 Å². The first-order valence-corrected chi connectivity index (χ1v) is 10.2. The lowest BCUT2D eigenvalue weighted by Gasteiger charge is -2.22. The lowest BCUT2D eigenvalue weighted by Crippen LogP contribution is -2.56. The van der Waals surface area contributed by atoms with E-state index in [1.54, 1.807) is 12.1 Å². The largest absolute Gasteiger partial charge is 0.508 e. The number of hydrogen-bond donors (Lipinski definition) is 7. The number of phenols is 1. The summed E-state index contributed by atoms with van der Waals surface area (Å²) < 4.78 is 0. The van der Waals surface area contributed by atoms with E-state index >= 15 is 0 Å². The molecule has 178 valence electrons. The second kappa shape index (κ2) is 11.6. The quantitative estimate of drug-likeness (QED) is 0.217. The van der Waals surface area contributed by atoms with Crippen LogP contribution in [0.2, 0.25) is 0 Å². The smallest absolute Gasteiger partial charge is 0.325 e. The minimum atomic E-state index is -1.22. The fraction of sp³-hybridized carbons (Fsp3) is 0.381. The minimum absolute atomic E-state index is 0.0327. The molecule has 12 nitrogen and oxygen atoms in total. The van der Waals surface area contributed by atoms with Crippen molar-refractivity contribution < 1.29 is 29.4 Å². The molecule has 1 aromatic carbocycles. The van der Waals surface area contributed by atoms with Gasteiger partial charge in [0.25, 0.3) is 0 Å². The number of aromatic nitrogens is 2. The van der Waals surface area contributed by atoms with Gasteiger partial charge in [-0.15, -0.1) is 0 Å². The SMILES string of the molecule is CC(NC(=O)C(Cc1cnc[nH]1)NC(=O)C(C)NC(=O)C(N)Cc1ccc(O)cc1)C(=O)O. The van der Waals surface area contributed by atoms with Gasteiger partial charge in [-0.05, 0) is 38.0 Å². The van der Waals surface area contributed by atoms with E-state index in [2.05, 4.69) is 25.9 Å². The number of carboxylic acids is 1. The van der Waals surface area contributed by atoms with Crippen LogP contribution < -0.4 is 21.7 Å². The van der Waals surface area contributed by atoms with Gasteiger partial charge in [-0.3, -0.25) is 19.2 Å². The van der Waals surface area contributed by atoms with Crippen molar-refractivity contribution in [1.29, 1.82) is 0 Å². The van der Waals surface area contributed by atoms with Crippen molar-refractivity contribution in [2.75, 3.05) is 0 Å². The van der Waals surface area contributed by atoms with Crippen molar-refractivity contribution in [2.45, 2.75) is 50.9 Å². The predicted molar refractivity (Wildman–Crippen MR) is 117 cm³/mol. The van der Waals surface area contributed by atoms with Crippen LogP contribution in [0.25, 0.3) is 0 Å². The maximum Gasteiger partial charge on any atom is 0.325 e. The zero-order valence-electron chi connectivity index (χ0n) is 18.2. The second-order valence-electron chi connectivity index (χ2n) is 7.62. The fourth-order valence-corrected chi connectivity index (χ4v) is 2.86. The molecule has 1 heterocycles. The molecule has 0 aliphatic heterocycles. The normalized spacial score (nSPS) is 14.4. The molecule has 0 fully saturated rings. The summed E-state index contributed by atoms with van der Waals surface area (Å²) in [5.74, 6) is -3.05. The van der Waals surface area contributed by atoms with Crippen LogP contribution in [0, 0.1) is 0 Å². The molecule has 2 aromatic rings. The molecule has 12 heteroatoms. The van der Waals surface area contributed by atoms with Crippen LogP contribution in [-0.4, -0.2) is 68.0 Å². The number of H-pyrrole nitrogens is 1. The number of carbonyl (C=O) groups is 4. The zero-order valence-corrected chi connectivity index (χ0v) is 18.2. The van der Waals surface area contributed by atoms with Gasteiger partial charge in [-0.25, -0.2) is 4.98 Å². The Morgan fingerprint density at radius 2 is 1.61 bits per heavy atom. The van der Waals surface area contributed by atoms with Crippen LogP contribution in [0.15, 0.2) is 36.8 Å². The Hall–Kier alpha value is -3.93. The minimum Gasteiger partial charge on any atom is -0.508 e. The average molecular weight is 460 g/mol. The van der Waals surface area contributed by atoms with Crippen LogP contribution >= 0.6 is 0 Å². The summed E-state index contributed by atoms with van der Waals surface area (Å²) in [4.78, 5) is 55.3. The molecule has 1 aromatic heterocycles. The molecule has 0 saturated heterocycles. The fourth-order valence-electron chi connectivity index (χ4n) is 2.86. The van der Waals surface area contributed by atoms with E-state index in [0.717, 1.165) is 5.56 Å². The molecular formula is C21H28N6O6. The summed E-state index contributed by atoms with van der Waals surface area (Å²) in [6.45, 7) is 2.74. The molecule has 4 unspecified atom stereocenters. The predicted octanol–water partition coefficient (Wildman–Crippen LogP) is -1.19. The van der Waals surface area contributed by atoms with Crippen LogP contribution in [-0.2, 0) is 32.0 Å². The first-order chi connectivity index (χ1) is 15.6. The van der Waals surface area contributed by atoms with E-state index in [0.29, 0.717) is 5.69 Å². The molecule has 0 saturated carbocycles. The van der Waals surface area contributed by atoms with Crippen molar-refractivity contribution in [3.63, 3.8) is 0 Å². The number of benzene rings is 1. The highest BCUT2D eigenvalue weighted by atomic mass is 16.4. The van der Waals surface area contributed by atoms with Gasteiger partial charge in [0.2, 0.25) is 17.7 Å². The number of imidazole rings is 1. The van der Waals surface area contributed by atoms with Gasteiger partial charge < -0.3 is 36.9 Å². The molecule has 4 atom stereocenters. The highest BCUT2D eigenvalue weighted by Crippen LogP contribution is 2.11. The van der Waals surface area contributed by atoms with E-state index < -0.39 is 47.9 Å². The average Bonchev–Trinajstić information content (AvgIpc) is 3.27. The maximum absolute atomic E-state index is 12.6. The Labute approximate surface area is 190 Å². The summed E-state index contributed by atoms with van der Waals surface area (Å²) in [7, 11) is 0. The second-order valence-corrected chi connectivity index (χ2v) is 7.62. The van der Waals surface area contributed by atoms with E-state index in [1.165, 1.54) is 38.5 Å². The third kappa shape index (κ3) is 7.92. The molecule has 0 aliphatic carbocycles. The van der Waals surface area contributed by atoms with Crippen molar-refractivity contribution in [3.05, 3.63) is 48.0 Å². The van der Waals surface area contributed by atoms with E-state index in [1.807, 2.05) is 0 Å². The molecule has 3 amide bonds. The molecule has 33 heavy (non-hydrogen) atoms. The number of nitrogens with one attached hydrogen (secondary N) is 4. The lowest BCUT2D eigenvalue weighted by atomic mass is 10.1. The maximum atomic E-state index is 12.6. The van der Waals surface area contributed by atoms with Gasteiger partial charge in [0.1, 0.15) is 23.9 Å². The van der Waals surface area contributed by atoms with E-state index in [9.17, 15) is 24.3 Å². The number of aromatic amines is 1. The number of carbonyl (C=O) groups excluding carboxylic acids is 3. The van der Waals surface area contributed by atoms with E-state index in [-0.39, 0.29) is 18.6 Å². The zero-order chi connectivity index (χ0) is 24.5. The topological polar surface area (TPSA) is 200 Å². The standard InChI is InChI=1S/C21H28N6O6/c1-11(25-19(30)16(22)7-13-3-5-15(28)6-4-13)18(29)27-17(8-14-9-23-10-24-14)20(31)26-12(2)21(32)33/h3-6,9-12,16-17,28H,7-8,22H2,1-2H3,(H,23,24)(H,25,30)(H,26,31)(H,27,29)(H,32,33). The number of nitrogens with two attached hydrogens (primary N) is 1. The number of phenolic OH excluding ortho intramolecular Hbond substituents is 1. The number of nitrogens with zero attached hydrogens (tertiary/aromatic N) is 1. The highest BCUT2D eigenvalue weighted by molar-refractivity contribution is 5.94. The Morgan fingerprint density at radius 1 is 0.970 bits per heavy atom. The number of aromatic hydroxyl groups is 1. The third-order valence-corrected chi connectivity index (χ3v) is 4.82. The summed E-state index contributed by atoms with van der Waals surface area (Å²) in [5.41, 5.74) is 7.20. The van der Waals surface area contributed by atoms with Gasteiger partial charge in [0, 0.05) is 18.3 Å². The summed E-state index contributed by atoms with van der Waals surface area (Å²) >= 11 is 0. The van der Waals surface area contributed by atoms with Crippen molar-refractivity contribution in [2.24, 2.45) is 5.73 Å². The van der Waals surface area contributed by atoms with Crippen LogP contribution in [0.4, 0.5) is 0 Å². The number of aliphatic carboxylic acids is 1. The van der Waals surface area contributed by atoms with Crippen LogP contribution in [0.5, 0.6) is 5.75 Å². The van der Waals surface area contributed by atoms with Crippen LogP contribution in [0.1, 0.15) is 25.1 Å². The van der Waals surface area contributed by atoms with Gasteiger partial charge in [0.15, 0.2) is 0 Å². The summed E-state index contributed by atoms with van der Waals surface area (Å²) in [5, 5.41) is 25.7. The molecule has 0 bridgehead atoms. The van der Waals surface area contributed by atoms with Crippen LogP contribution in [0.3, 0.4) is 0 Å². The van der Waals surface area contributed by atoms with Crippen molar-refractivity contribution >= 4 is 23.7 Å². The number of carboxylic acid groups (broad SMARTS) is 1. The van der Waals surface area contributed by atoms with E-state index in [4.69, 9.17) is 10.8 Å². The third-order valence-electron chi connectivity index (χ3n) is 4.82. The molecular weight excluding hydrogens is 432 g/mol. The van der Waals surface area contributed by atoms with Gasteiger partial charge in [-0.2, -0.15) is 0 Å². The molecule has 0 radical (unpaired) electrons. The Balaban J connectivity index is 1.98. The number of hydrogen-bond acceptors (Lipinski definition) is 7. The highest BCUT2D eigenvalue weighted by Gasteiger charge is 2.28. The summed E-state index contributed by atoms with van der Waals surface area (Å²) in [6, 6.07) is 2.00.